The van der Waals surface area contributed by atoms with Gasteiger partial charge in [0, 0.05) is 0 Å². The third-order valence-corrected chi connectivity index (χ3v) is 1.18. The number of carboxylic acid groups (broad SMARTS) is 1. The van der Waals surface area contributed by atoms with Crippen molar-refractivity contribution in [2.75, 3.05) is 0 Å². The number of halogens is 1. The first-order valence-corrected chi connectivity index (χ1v) is 3.31. The Morgan fingerprint density at radius 2 is 1.75 bits per heavy atom. The van der Waals surface area contributed by atoms with E-state index in [4.69, 9.17) is 16.7 Å². The molecule has 0 heterocycles. The molecule has 0 radical (unpaired) electrons. The van der Waals surface area contributed by atoms with Gasteiger partial charge in [-0.25, -0.2) is 9.59 Å². The zero-order chi connectivity index (χ0) is 9.94. The van der Waals surface area contributed by atoms with Gasteiger partial charge in [-0.15, -0.1) is 0 Å². The van der Waals surface area contributed by atoms with Crippen LogP contribution in [0.3, 0.4) is 0 Å². The topological polar surface area (TPSA) is 80.7 Å². The van der Waals surface area contributed by atoms with Gasteiger partial charge in [0.2, 0.25) is 5.60 Å². The average Bonchev–Trinajstić information content (AvgIpc) is 1.85. The van der Waals surface area contributed by atoms with Crippen molar-refractivity contribution in [1.29, 1.82) is 0 Å². The van der Waals surface area contributed by atoms with Crippen molar-refractivity contribution in [2.24, 2.45) is 0 Å². The number of hydrogen-bond acceptors (Lipinski definition) is 4. The van der Waals surface area contributed by atoms with Crippen LogP contribution >= 0.6 is 11.6 Å². The van der Waals surface area contributed by atoms with Gasteiger partial charge in [0.15, 0.2) is 0 Å². The SMILES string of the molecule is CC(C)(OC(=O)C(=O)Cl)C(=O)O. The highest BCUT2D eigenvalue weighted by molar-refractivity contribution is 6.80. The molecule has 0 aromatic heterocycles. The van der Waals surface area contributed by atoms with Crippen molar-refractivity contribution in [3.8, 4) is 0 Å². The maximum atomic E-state index is 10.5. The molecule has 0 spiro atoms. The van der Waals surface area contributed by atoms with Gasteiger partial charge >= 0.3 is 17.2 Å². The predicted molar refractivity (Wildman–Crippen MR) is 38.7 cm³/mol. The summed E-state index contributed by atoms with van der Waals surface area (Å²) < 4.78 is 4.24. The summed E-state index contributed by atoms with van der Waals surface area (Å²) >= 11 is 4.73. The van der Waals surface area contributed by atoms with Gasteiger partial charge in [-0.3, -0.25) is 4.79 Å². The van der Waals surface area contributed by atoms with E-state index in [0.717, 1.165) is 13.8 Å². The molecule has 0 bridgehead atoms. The van der Waals surface area contributed by atoms with Crippen LogP contribution in [-0.2, 0) is 19.1 Å². The molecule has 0 amide bonds. The van der Waals surface area contributed by atoms with Crippen molar-refractivity contribution in [1.82, 2.24) is 0 Å². The highest BCUT2D eigenvalue weighted by atomic mass is 35.5. The second kappa shape index (κ2) is 3.53. The highest BCUT2D eigenvalue weighted by Crippen LogP contribution is 2.09. The van der Waals surface area contributed by atoms with Crippen LogP contribution in [0.15, 0.2) is 0 Å². The summed E-state index contributed by atoms with van der Waals surface area (Å²) in [5.74, 6) is -2.72. The van der Waals surface area contributed by atoms with Crippen LogP contribution in [0.25, 0.3) is 0 Å². The number of carbonyl (C=O) groups is 3. The fourth-order valence-corrected chi connectivity index (χ4v) is 0.354. The average molecular weight is 195 g/mol. The van der Waals surface area contributed by atoms with E-state index in [9.17, 15) is 14.4 Å². The summed E-state index contributed by atoms with van der Waals surface area (Å²) in [4.78, 5) is 31.0. The molecule has 0 aliphatic heterocycles. The van der Waals surface area contributed by atoms with E-state index >= 15 is 0 Å². The number of carbonyl (C=O) groups excluding carboxylic acids is 2. The van der Waals surface area contributed by atoms with E-state index in [1.54, 1.807) is 0 Å². The van der Waals surface area contributed by atoms with Crippen LogP contribution in [0.1, 0.15) is 13.8 Å². The number of carboxylic acids is 1. The Balaban J connectivity index is 4.35. The zero-order valence-electron chi connectivity index (χ0n) is 6.46. The Morgan fingerprint density at radius 1 is 1.33 bits per heavy atom. The minimum atomic E-state index is -1.73. The second-order valence-electron chi connectivity index (χ2n) is 2.48. The summed E-state index contributed by atoms with van der Waals surface area (Å²) in [6, 6.07) is 0. The van der Waals surface area contributed by atoms with Gasteiger partial charge in [0.1, 0.15) is 0 Å². The maximum absolute atomic E-state index is 10.5. The molecular weight excluding hydrogens is 188 g/mol. The van der Waals surface area contributed by atoms with E-state index in [-0.39, 0.29) is 0 Å². The lowest BCUT2D eigenvalue weighted by Crippen LogP contribution is -2.38. The van der Waals surface area contributed by atoms with E-state index in [1.165, 1.54) is 0 Å². The van der Waals surface area contributed by atoms with Crippen molar-refractivity contribution in [2.45, 2.75) is 19.4 Å². The Labute approximate surface area is 73.3 Å². The van der Waals surface area contributed by atoms with E-state index in [2.05, 4.69) is 4.74 Å². The molecule has 0 unspecified atom stereocenters. The monoisotopic (exact) mass is 194 g/mol. The minimum Gasteiger partial charge on any atom is -0.478 e. The molecule has 0 aliphatic rings. The Hall–Kier alpha value is -1.10. The normalized spacial score (nSPS) is 10.6. The number of rotatable bonds is 3. The van der Waals surface area contributed by atoms with Crippen molar-refractivity contribution >= 4 is 28.8 Å². The molecule has 0 rings (SSSR count). The molecule has 68 valence electrons. The predicted octanol–water partition coefficient (Wildman–Crippen LogP) is 0.158. The van der Waals surface area contributed by atoms with Crippen molar-refractivity contribution < 1.29 is 24.2 Å². The second-order valence-corrected chi connectivity index (χ2v) is 2.82. The van der Waals surface area contributed by atoms with Gasteiger partial charge in [0.05, 0.1) is 0 Å². The molecule has 1 N–H and O–H groups in total. The standard InChI is InChI=1S/C6H7ClO5/c1-6(2,5(10)11)12-4(9)3(7)8/h1-2H3,(H,10,11). The first kappa shape index (κ1) is 10.9. The summed E-state index contributed by atoms with van der Waals surface area (Å²) in [5.41, 5.74) is -1.73. The van der Waals surface area contributed by atoms with Crippen LogP contribution in [-0.4, -0.2) is 27.9 Å². The van der Waals surface area contributed by atoms with Gasteiger partial charge in [0.25, 0.3) is 0 Å². The molecule has 0 aliphatic carbocycles. The Bertz CT molecular complexity index is 232. The highest BCUT2D eigenvalue weighted by Gasteiger charge is 2.33. The van der Waals surface area contributed by atoms with Crippen molar-refractivity contribution in [3.63, 3.8) is 0 Å². The fraction of sp³-hybridized carbons (Fsp3) is 0.500. The van der Waals surface area contributed by atoms with E-state index in [0.29, 0.717) is 0 Å². The molecule has 0 aromatic carbocycles. The van der Waals surface area contributed by atoms with Crippen LogP contribution in [0.4, 0.5) is 0 Å². The van der Waals surface area contributed by atoms with Crippen molar-refractivity contribution in [3.05, 3.63) is 0 Å². The van der Waals surface area contributed by atoms with Crippen LogP contribution < -0.4 is 0 Å². The summed E-state index contributed by atoms with van der Waals surface area (Å²) in [5, 5.41) is 7.10. The van der Waals surface area contributed by atoms with E-state index < -0.39 is 22.8 Å². The molecule has 0 aromatic rings. The Morgan fingerprint density at radius 3 is 2.00 bits per heavy atom. The van der Waals surface area contributed by atoms with E-state index in [1.807, 2.05) is 0 Å². The molecule has 5 nitrogen and oxygen atoms in total. The molecule has 0 atom stereocenters. The summed E-state index contributed by atoms with van der Waals surface area (Å²) in [6.45, 7) is 2.26. The van der Waals surface area contributed by atoms with Gasteiger partial charge < -0.3 is 9.84 Å². The summed E-state index contributed by atoms with van der Waals surface area (Å²) in [6.07, 6.45) is 0. The quantitative estimate of drug-likeness (QED) is 0.393. The number of ether oxygens (including phenoxy) is 1. The molecule has 0 fully saturated rings. The minimum absolute atomic E-state index is 1.13. The number of hydrogen-bond donors (Lipinski definition) is 1. The lowest BCUT2D eigenvalue weighted by molar-refractivity contribution is -0.174. The van der Waals surface area contributed by atoms with Gasteiger partial charge in [-0.05, 0) is 25.4 Å². The molecule has 6 heteroatoms. The lowest BCUT2D eigenvalue weighted by atomic mass is 10.1. The van der Waals surface area contributed by atoms with Gasteiger partial charge in [-0.1, -0.05) is 0 Å². The maximum Gasteiger partial charge on any atom is 0.392 e. The van der Waals surface area contributed by atoms with Crippen LogP contribution in [0, 0.1) is 0 Å². The third-order valence-electron chi connectivity index (χ3n) is 1.02. The number of aliphatic carboxylic acids is 1. The summed E-state index contributed by atoms with van der Waals surface area (Å²) in [7, 11) is 0. The zero-order valence-corrected chi connectivity index (χ0v) is 7.21. The van der Waals surface area contributed by atoms with Crippen LogP contribution in [0.5, 0.6) is 0 Å². The first-order chi connectivity index (χ1) is 5.27. The molecular formula is C6H7ClO5. The lowest BCUT2D eigenvalue weighted by Gasteiger charge is -2.18. The first-order valence-electron chi connectivity index (χ1n) is 2.93. The largest absolute Gasteiger partial charge is 0.478 e. The molecule has 0 saturated heterocycles. The van der Waals surface area contributed by atoms with Crippen LogP contribution in [0.2, 0.25) is 0 Å². The Kier molecular flexibility index (Phi) is 3.21. The third kappa shape index (κ3) is 2.87. The fourth-order valence-electron chi connectivity index (χ4n) is 0.316. The number of esters is 1. The van der Waals surface area contributed by atoms with Gasteiger partial charge in [-0.2, -0.15) is 0 Å². The smallest absolute Gasteiger partial charge is 0.392 e. The molecule has 12 heavy (non-hydrogen) atoms. The molecule has 0 saturated carbocycles.